The first-order valence-electron chi connectivity index (χ1n) is 13.0. The van der Waals surface area contributed by atoms with Crippen LogP contribution in [0.25, 0.3) is 6.08 Å². The summed E-state index contributed by atoms with van der Waals surface area (Å²) in [5.74, 6) is 0.482. The smallest absolute Gasteiger partial charge is 0.337 e. The SMILES string of the molecule is COC(=O)c1ccc(CC(C=Cc2ccccc2OCCCCCCl)CCc2ccc(C(=O)O)cc2)cc1. The topological polar surface area (TPSA) is 72.8 Å². The highest BCUT2D eigenvalue weighted by Gasteiger charge is 2.11. The van der Waals surface area contributed by atoms with Gasteiger partial charge in [-0.2, -0.15) is 0 Å². The van der Waals surface area contributed by atoms with Crippen molar-refractivity contribution in [1.29, 1.82) is 0 Å². The van der Waals surface area contributed by atoms with Gasteiger partial charge in [0, 0.05) is 11.4 Å². The molecule has 0 aliphatic carbocycles. The number of benzene rings is 3. The summed E-state index contributed by atoms with van der Waals surface area (Å²) in [6.07, 6.45) is 9.84. The first-order chi connectivity index (χ1) is 18.5. The van der Waals surface area contributed by atoms with Crippen molar-refractivity contribution in [3.8, 4) is 5.75 Å². The molecule has 1 N–H and O–H groups in total. The average molecular weight is 535 g/mol. The van der Waals surface area contributed by atoms with E-state index in [-0.39, 0.29) is 17.5 Å². The number of rotatable bonds is 15. The molecule has 1 atom stereocenters. The van der Waals surface area contributed by atoms with Crippen LogP contribution in [0, 0.1) is 5.92 Å². The highest BCUT2D eigenvalue weighted by atomic mass is 35.5. The Labute approximate surface area is 230 Å². The van der Waals surface area contributed by atoms with Gasteiger partial charge in [0.05, 0.1) is 24.8 Å². The highest BCUT2D eigenvalue weighted by molar-refractivity contribution is 6.17. The van der Waals surface area contributed by atoms with E-state index in [9.17, 15) is 9.59 Å². The minimum atomic E-state index is -0.923. The van der Waals surface area contributed by atoms with Crippen LogP contribution in [0.4, 0.5) is 0 Å². The molecule has 0 spiro atoms. The molecule has 0 saturated carbocycles. The molecular weight excluding hydrogens is 500 g/mol. The number of aryl methyl sites for hydroxylation is 1. The van der Waals surface area contributed by atoms with Crippen LogP contribution in [0.5, 0.6) is 5.75 Å². The summed E-state index contributed by atoms with van der Waals surface area (Å²) in [7, 11) is 1.38. The lowest BCUT2D eigenvalue weighted by Gasteiger charge is -2.15. The van der Waals surface area contributed by atoms with Gasteiger partial charge >= 0.3 is 11.9 Å². The molecule has 3 rings (SSSR count). The van der Waals surface area contributed by atoms with Crippen LogP contribution >= 0.6 is 11.6 Å². The molecule has 1 unspecified atom stereocenters. The number of aromatic carboxylic acids is 1. The van der Waals surface area contributed by atoms with E-state index in [1.807, 2.05) is 42.5 Å². The zero-order valence-corrected chi connectivity index (χ0v) is 22.5. The zero-order valence-electron chi connectivity index (χ0n) is 21.8. The summed E-state index contributed by atoms with van der Waals surface area (Å²) in [6, 6.07) is 22.6. The maximum absolute atomic E-state index is 11.8. The number of esters is 1. The predicted octanol–water partition coefficient (Wildman–Crippen LogP) is 7.46. The second-order valence-corrected chi connectivity index (χ2v) is 9.57. The zero-order chi connectivity index (χ0) is 27.2. The molecule has 0 aliphatic heterocycles. The lowest BCUT2D eigenvalue weighted by molar-refractivity contribution is 0.0599. The number of hydrogen-bond donors (Lipinski definition) is 1. The lowest BCUT2D eigenvalue weighted by Crippen LogP contribution is -2.06. The minimum absolute atomic E-state index is 0.218. The van der Waals surface area contributed by atoms with Gasteiger partial charge in [-0.1, -0.05) is 54.6 Å². The summed E-state index contributed by atoms with van der Waals surface area (Å²) >= 11 is 5.77. The number of para-hydroxylation sites is 1. The number of carbonyl (C=O) groups is 2. The monoisotopic (exact) mass is 534 g/mol. The molecule has 6 heteroatoms. The van der Waals surface area contributed by atoms with Crippen molar-refractivity contribution in [3.63, 3.8) is 0 Å². The van der Waals surface area contributed by atoms with Gasteiger partial charge in [-0.05, 0) is 85.9 Å². The van der Waals surface area contributed by atoms with E-state index in [1.54, 1.807) is 24.3 Å². The molecule has 0 heterocycles. The summed E-state index contributed by atoms with van der Waals surface area (Å²) < 4.78 is 10.9. The third-order valence-electron chi connectivity index (χ3n) is 6.38. The third kappa shape index (κ3) is 9.38. The van der Waals surface area contributed by atoms with Crippen molar-refractivity contribution < 1.29 is 24.2 Å². The molecule has 3 aromatic rings. The van der Waals surface area contributed by atoms with E-state index in [4.69, 9.17) is 26.2 Å². The number of carboxylic acids is 1. The van der Waals surface area contributed by atoms with Crippen LogP contribution in [-0.2, 0) is 17.6 Å². The second kappa shape index (κ2) is 15.6. The largest absolute Gasteiger partial charge is 0.493 e. The third-order valence-corrected chi connectivity index (χ3v) is 6.65. The molecule has 0 amide bonds. The molecule has 0 aliphatic rings. The maximum atomic E-state index is 11.8. The van der Waals surface area contributed by atoms with E-state index in [0.29, 0.717) is 18.1 Å². The van der Waals surface area contributed by atoms with Crippen molar-refractivity contribution in [1.82, 2.24) is 0 Å². The van der Waals surface area contributed by atoms with Crippen LogP contribution in [0.15, 0.2) is 78.9 Å². The molecule has 200 valence electrons. The number of carbonyl (C=O) groups excluding carboxylic acids is 1. The van der Waals surface area contributed by atoms with E-state index >= 15 is 0 Å². The second-order valence-electron chi connectivity index (χ2n) is 9.19. The van der Waals surface area contributed by atoms with Gasteiger partial charge in [0.2, 0.25) is 0 Å². The van der Waals surface area contributed by atoms with Gasteiger partial charge in [0.1, 0.15) is 5.75 Å². The van der Waals surface area contributed by atoms with Crippen molar-refractivity contribution in [2.24, 2.45) is 5.92 Å². The Bertz CT molecular complexity index is 1190. The van der Waals surface area contributed by atoms with Crippen LogP contribution in [0.2, 0.25) is 0 Å². The normalized spacial score (nSPS) is 11.8. The summed E-state index contributed by atoms with van der Waals surface area (Å²) in [4.78, 5) is 23.0. The molecule has 0 fully saturated rings. The van der Waals surface area contributed by atoms with Gasteiger partial charge in [-0.15, -0.1) is 11.6 Å². The first-order valence-corrected chi connectivity index (χ1v) is 13.5. The van der Waals surface area contributed by atoms with Crippen molar-refractivity contribution in [3.05, 3.63) is 107 Å². The number of unbranched alkanes of at least 4 members (excludes halogenated alkanes) is 2. The number of halogens is 1. The average Bonchev–Trinajstić information content (AvgIpc) is 2.95. The van der Waals surface area contributed by atoms with Gasteiger partial charge in [0.15, 0.2) is 0 Å². The molecule has 0 aromatic heterocycles. The van der Waals surface area contributed by atoms with Crippen LogP contribution < -0.4 is 4.74 Å². The number of alkyl halides is 1. The Morgan fingerprint density at radius 3 is 2.26 bits per heavy atom. The van der Waals surface area contributed by atoms with E-state index in [2.05, 4.69) is 18.2 Å². The van der Waals surface area contributed by atoms with Gasteiger partial charge in [-0.3, -0.25) is 0 Å². The summed E-state index contributed by atoms with van der Waals surface area (Å²) in [6.45, 7) is 0.657. The van der Waals surface area contributed by atoms with E-state index < -0.39 is 5.97 Å². The summed E-state index contributed by atoms with van der Waals surface area (Å²) in [5.41, 5.74) is 4.06. The van der Waals surface area contributed by atoms with Gasteiger partial charge in [-0.25, -0.2) is 9.59 Å². The van der Waals surface area contributed by atoms with E-state index in [1.165, 1.54) is 7.11 Å². The number of methoxy groups -OCH3 is 1. The first kappa shape index (κ1) is 29.0. The standard InChI is InChI=1S/C32H35ClO5/c1-37-32(36)29-19-14-26(15-20-29)23-25(10-9-24-11-17-28(18-12-24)31(34)35)13-16-27-7-3-4-8-30(27)38-22-6-2-5-21-33/h3-4,7-8,11-20,25H,2,5-6,9-10,21-23H2,1H3,(H,34,35). The molecule has 0 bridgehead atoms. The molecule has 38 heavy (non-hydrogen) atoms. The van der Waals surface area contributed by atoms with Crippen LogP contribution in [-0.4, -0.2) is 36.6 Å². The Morgan fingerprint density at radius 2 is 1.58 bits per heavy atom. The summed E-state index contributed by atoms with van der Waals surface area (Å²) in [5, 5.41) is 9.17. The Kier molecular flexibility index (Phi) is 11.9. The van der Waals surface area contributed by atoms with Gasteiger partial charge in [0.25, 0.3) is 0 Å². The highest BCUT2D eigenvalue weighted by Crippen LogP contribution is 2.24. The van der Waals surface area contributed by atoms with Gasteiger partial charge < -0.3 is 14.6 Å². The Morgan fingerprint density at radius 1 is 0.895 bits per heavy atom. The fraction of sp³-hybridized carbons (Fsp3) is 0.312. The molecule has 3 aromatic carbocycles. The molecule has 0 saturated heterocycles. The van der Waals surface area contributed by atoms with Crippen LogP contribution in [0.1, 0.15) is 63.1 Å². The van der Waals surface area contributed by atoms with Crippen molar-refractivity contribution in [2.75, 3.05) is 19.6 Å². The fourth-order valence-corrected chi connectivity index (χ4v) is 4.36. The molecular formula is C32H35ClO5. The number of allylic oxidation sites excluding steroid dienone is 1. The maximum Gasteiger partial charge on any atom is 0.337 e. The van der Waals surface area contributed by atoms with Crippen molar-refractivity contribution in [2.45, 2.75) is 38.5 Å². The quantitative estimate of drug-likeness (QED) is 0.124. The number of hydrogen-bond acceptors (Lipinski definition) is 4. The minimum Gasteiger partial charge on any atom is -0.493 e. The number of carboxylic acid groups (broad SMARTS) is 1. The Hall–Kier alpha value is -3.57. The van der Waals surface area contributed by atoms with Crippen LogP contribution in [0.3, 0.4) is 0 Å². The van der Waals surface area contributed by atoms with Crippen molar-refractivity contribution >= 4 is 29.6 Å². The van der Waals surface area contributed by atoms with E-state index in [0.717, 1.165) is 61.0 Å². The number of ether oxygens (including phenoxy) is 2. The molecule has 0 radical (unpaired) electrons. The predicted molar refractivity (Wildman–Crippen MR) is 152 cm³/mol. The molecule has 5 nitrogen and oxygen atoms in total. The lowest BCUT2D eigenvalue weighted by atomic mass is 9.91. The fourth-order valence-electron chi connectivity index (χ4n) is 4.17. The Balaban J connectivity index is 1.73.